The number of esters is 1. The smallest absolute Gasteiger partial charge is 0.338 e. The molecule has 0 unspecified atom stereocenters. The van der Waals surface area contributed by atoms with Gasteiger partial charge in [0.25, 0.3) is 0 Å². The molecule has 7 nitrogen and oxygen atoms in total. The molecule has 8 heteroatoms. The highest BCUT2D eigenvalue weighted by Crippen LogP contribution is 2.17. The normalized spacial score (nSPS) is 15.2. The van der Waals surface area contributed by atoms with Crippen LogP contribution in [0.4, 0.5) is 0 Å². The number of nitrogens with zero attached hydrogens (tertiary/aromatic N) is 1. The number of aryl methyl sites for hydroxylation is 1. The molecule has 0 aliphatic carbocycles. The zero-order valence-corrected chi connectivity index (χ0v) is 17.5. The number of hydrogen-bond acceptors (Lipinski definition) is 6. The van der Waals surface area contributed by atoms with Crippen LogP contribution in [0.2, 0.25) is 0 Å². The summed E-state index contributed by atoms with van der Waals surface area (Å²) in [5.41, 5.74) is 2.94. The number of morpholine rings is 1. The minimum Gasteiger partial charge on any atom is -0.465 e. The van der Waals surface area contributed by atoms with Crippen molar-refractivity contribution >= 4 is 16.0 Å². The Morgan fingerprint density at radius 2 is 1.76 bits per heavy atom. The van der Waals surface area contributed by atoms with Crippen molar-refractivity contribution in [1.29, 1.82) is 0 Å². The molecule has 0 radical (unpaired) electrons. The minimum atomic E-state index is -3.75. The van der Waals surface area contributed by atoms with Gasteiger partial charge in [-0.25, -0.2) is 17.9 Å². The maximum Gasteiger partial charge on any atom is 0.338 e. The van der Waals surface area contributed by atoms with Crippen LogP contribution < -0.4 is 4.72 Å². The molecule has 1 fully saturated rings. The Morgan fingerprint density at radius 1 is 1.10 bits per heavy atom. The second kappa shape index (κ2) is 9.49. The van der Waals surface area contributed by atoms with E-state index in [1.807, 2.05) is 24.3 Å². The summed E-state index contributed by atoms with van der Waals surface area (Å²) in [5.74, 6) is -0.560. The minimum absolute atomic E-state index is 0.0347. The molecular formula is C21H26N2O5S. The van der Waals surface area contributed by atoms with Crippen molar-refractivity contribution in [2.24, 2.45) is 0 Å². The third kappa shape index (κ3) is 5.63. The van der Waals surface area contributed by atoms with Crippen molar-refractivity contribution in [2.75, 3.05) is 33.4 Å². The van der Waals surface area contributed by atoms with Crippen LogP contribution >= 0.6 is 0 Å². The van der Waals surface area contributed by atoms with Gasteiger partial charge in [0, 0.05) is 26.2 Å². The van der Waals surface area contributed by atoms with Crippen molar-refractivity contribution < 1.29 is 22.7 Å². The van der Waals surface area contributed by atoms with Crippen LogP contribution in [0.5, 0.6) is 0 Å². The van der Waals surface area contributed by atoms with Gasteiger partial charge in [0.2, 0.25) is 10.0 Å². The molecule has 0 saturated carbocycles. The molecule has 0 bridgehead atoms. The van der Waals surface area contributed by atoms with Crippen molar-refractivity contribution in [1.82, 2.24) is 9.62 Å². The summed E-state index contributed by atoms with van der Waals surface area (Å²) in [6.45, 7) is 6.12. The lowest BCUT2D eigenvalue weighted by molar-refractivity contribution is 0.0342. The van der Waals surface area contributed by atoms with Crippen molar-refractivity contribution in [3.8, 4) is 0 Å². The molecule has 156 valence electrons. The Bertz CT molecular complexity index is 952. The molecule has 29 heavy (non-hydrogen) atoms. The highest BCUT2D eigenvalue weighted by molar-refractivity contribution is 7.89. The number of carbonyl (C=O) groups is 1. The van der Waals surface area contributed by atoms with E-state index in [0.29, 0.717) is 5.56 Å². The first-order valence-electron chi connectivity index (χ1n) is 9.45. The Balaban J connectivity index is 1.63. The van der Waals surface area contributed by atoms with Crippen LogP contribution in [-0.2, 0) is 32.6 Å². The van der Waals surface area contributed by atoms with Gasteiger partial charge in [-0.1, -0.05) is 30.3 Å². The highest BCUT2D eigenvalue weighted by atomic mass is 32.2. The van der Waals surface area contributed by atoms with E-state index in [2.05, 4.69) is 9.62 Å². The lowest BCUT2D eigenvalue weighted by atomic mass is 10.1. The maximum atomic E-state index is 12.6. The SMILES string of the molecule is COC(=O)c1cc(S(=O)(=O)NCc2ccc(CN3CCOCC3)cc2)ccc1C. The van der Waals surface area contributed by atoms with Gasteiger partial charge in [-0.3, -0.25) is 4.90 Å². The largest absolute Gasteiger partial charge is 0.465 e. The molecule has 0 aromatic heterocycles. The summed E-state index contributed by atoms with van der Waals surface area (Å²) in [4.78, 5) is 14.2. The number of carbonyl (C=O) groups excluding carboxylic acids is 1. The van der Waals surface area contributed by atoms with Gasteiger partial charge in [0.05, 0.1) is 30.8 Å². The molecule has 2 aromatic rings. The van der Waals surface area contributed by atoms with Gasteiger partial charge >= 0.3 is 5.97 Å². The lowest BCUT2D eigenvalue weighted by Gasteiger charge is -2.26. The van der Waals surface area contributed by atoms with E-state index in [9.17, 15) is 13.2 Å². The van der Waals surface area contributed by atoms with E-state index in [1.165, 1.54) is 24.8 Å². The topological polar surface area (TPSA) is 84.9 Å². The number of ether oxygens (including phenoxy) is 2. The van der Waals surface area contributed by atoms with E-state index < -0.39 is 16.0 Å². The molecule has 1 aliphatic rings. The molecular weight excluding hydrogens is 392 g/mol. The van der Waals surface area contributed by atoms with Crippen LogP contribution in [0.1, 0.15) is 27.0 Å². The van der Waals surface area contributed by atoms with Crippen molar-refractivity contribution in [3.63, 3.8) is 0 Å². The number of methoxy groups -OCH3 is 1. The molecule has 3 rings (SSSR count). The fourth-order valence-electron chi connectivity index (χ4n) is 3.14. The predicted molar refractivity (Wildman–Crippen MR) is 109 cm³/mol. The second-order valence-electron chi connectivity index (χ2n) is 7.00. The number of rotatable bonds is 7. The average Bonchev–Trinajstić information content (AvgIpc) is 2.73. The molecule has 1 saturated heterocycles. The predicted octanol–water partition coefficient (Wildman–Crippen LogP) is 2.09. The first kappa shape index (κ1) is 21.4. The third-order valence-electron chi connectivity index (χ3n) is 4.92. The van der Waals surface area contributed by atoms with E-state index in [1.54, 1.807) is 13.0 Å². The van der Waals surface area contributed by atoms with Crippen molar-refractivity contribution in [2.45, 2.75) is 24.9 Å². The fraction of sp³-hybridized carbons (Fsp3) is 0.381. The first-order valence-corrected chi connectivity index (χ1v) is 10.9. The van der Waals surface area contributed by atoms with E-state index in [0.717, 1.165) is 38.4 Å². The molecule has 0 spiro atoms. The first-order chi connectivity index (χ1) is 13.9. The lowest BCUT2D eigenvalue weighted by Crippen LogP contribution is -2.35. The van der Waals surface area contributed by atoms with E-state index in [-0.39, 0.29) is 17.0 Å². The van der Waals surface area contributed by atoms with Gasteiger partial charge in [-0.2, -0.15) is 0 Å². The molecule has 1 aliphatic heterocycles. The Hall–Kier alpha value is -2.26. The van der Waals surface area contributed by atoms with Crippen LogP contribution in [0.3, 0.4) is 0 Å². The maximum absolute atomic E-state index is 12.6. The molecule has 1 heterocycles. The van der Waals surface area contributed by atoms with E-state index in [4.69, 9.17) is 9.47 Å². The fourth-order valence-corrected chi connectivity index (χ4v) is 4.18. The standard InChI is InChI=1S/C21H26N2O5S/c1-16-3-8-19(13-20(16)21(24)27-2)29(25,26)22-14-17-4-6-18(7-5-17)15-23-9-11-28-12-10-23/h3-8,13,22H,9-12,14-15H2,1-2H3. The zero-order chi connectivity index (χ0) is 20.9. The number of benzene rings is 2. The van der Waals surface area contributed by atoms with Gasteiger partial charge < -0.3 is 9.47 Å². The van der Waals surface area contributed by atoms with Crippen LogP contribution in [0.25, 0.3) is 0 Å². The summed E-state index contributed by atoms with van der Waals surface area (Å²) in [5, 5.41) is 0. The summed E-state index contributed by atoms with van der Waals surface area (Å²) < 4.78 is 37.9. The van der Waals surface area contributed by atoms with Gasteiger partial charge in [0.15, 0.2) is 0 Å². The molecule has 1 N–H and O–H groups in total. The number of hydrogen-bond donors (Lipinski definition) is 1. The van der Waals surface area contributed by atoms with Gasteiger partial charge in [-0.15, -0.1) is 0 Å². The van der Waals surface area contributed by atoms with Crippen LogP contribution in [0, 0.1) is 6.92 Å². The molecule has 0 amide bonds. The third-order valence-corrected chi connectivity index (χ3v) is 6.32. The average molecular weight is 419 g/mol. The summed E-state index contributed by atoms with van der Waals surface area (Å²) in [6, 6.07) is 12.3. The highest BCUT2D eigenvalue weighted by Gasteiger charge is 2.18. The second-order valence-corrected chi connectivity index (χ2v) is 8.76. The van der Waals surface area contributed by atoms with Gasteiger partial charge in [-0.05, 0) is 35.7 Å². The zero-order valence-electron chi connectivity index (χ0n) is 16.7. The quantitative estimate of drug-likeness (QED) is 0.693. The Morgan fingerprint density at radius 3 is 2.41 bits per heavy atom. The number of nitrogens with one attached hydrogen (secondary N) is 1. The molecule has 2 aromatic carbocycles. The van der Waals surface area contributed by atoms with Gasteiger partial charge in [0.1, 0.15) is 0 Å². The molecule has 0 atom stereocenters. The van der Waals surface area contributed by atoms with Crippen molar-refractivity contribution in [3.05, 3.63) is 64.7 Å². The summed E-state index contributed by atoms with van der Waals surface area (Å²) in [7, 11) is -2.48. The Kier molecular flexibility index (Phi) is 7.02. The summed E-state index contributed by atoms with van der Waals surface area (Å²) >= 11 is 0. The van der Waals surface area contributed by atoms with Crippen LogP contribution in [-0.4, -0.2) is 52.7 Å². The van der Waals surface area contributed by atoms with E-state index >= 15 is 0 Å². The Labute approximate surface area is 171 Å². The number of sulfonamides is 1. The van der Waals surface area contributed by atoms with Crippen LogP contribution in [0.15, 0.2) is 47.4 Å². The summed E-state index contributed by atoms with van der Waals surface area (Å²) in [6.07, 6.45) is 0. The monoisotopic (exact) mass is 418 g/mol.